The molecule has 6 heteroatoms. The molecule has 1 aromatic rings. The summed E-state index contributed by atoms with van der Waals surface area (Å²) in [5.74, 6) is -0.597. The van der Waals surface area contributed by atoms with Gasteiger partial charge in [-0.15, -0.1) is 0 Å². The molecule has 0 atom stereocenters. The summed E-state index contributed by atoms with van der Waals surface area (Å²) < 4.78 is 14.4. The molecule has 2 amide bonds. The predicted molar refractivity (Wildman–Crippen MR) is 76.4 cm³/mol. The molecule has 0 unspecified atom stereocenters. The van der Waals surface area contributed by atoms with Crippen LogP contribution in [-0.2, 0) is 16.1 Å². The number of piperazine rings is 1. The van der Waals surface area contributed by atoms with E-state index < -0.39 is 0 Å². The zero-order valence-corrected chi connectivity index (χ0v) is 12.8. The van der Waals surface area contributed by atoms with Crippen molar-refractivity contribution >= 4 is 27.7 Å². The Morgan fingerprint density at radius 1 is 1.20 bits per heavy atom. The molecular formula is C14H16BrFN2O2. The Hall–Kier alpha value is -1.43. The molecule has 0 spiro atoms. The molecule has 108 valence electrons. The molecule has 2 rings (SSSR count). The Balaban J connectivity index is 2.07. The van der Waals surface area contributed by atoms with Crippen LogP contribution in [0.1, 0.15) is 18.9 Å². The van der Waals surface area contributed by atoms with Crippen molar-refractivity contribution in [3.8, 4) is 0 Å². The van der Waals surface area contributed by atoms with Gasteiger partial charge < -0.3 is 9.80 Å². The monoisotopic (exact) mass is 342 g/mol. The third-order valence-corrected chi connectivity index (χ3v) is 3.72. The van der Waals surface area contributed by atoms with Gasteiger partial charge in [-0.2, -0.15) is 0 Å². The number of rotatable bonds is 4. The molecule has 1 heterocycles. The summed E-state index contributed by atoms with van der Waals surface area (Å²) in [5, 5.41) is 0. The molecule has 0 saturated carbocycles. The van der Waals surface area contributed by atoms with Crippen molar-refractivity contribution in [3.05, 3.63) is 34.1 Å². The Morgan fingerprint density at radius 3 is 2.50 bits per heavy atom. The Bertz CT molecular complexity index is 536. The number of benzene rings is 1. The lowest BCUT2D eigenvalue weighted by Crippen LogP contribution is -2.53. The summed E-state index contributed by atoms with van der Waals surface area (Å²) in [4.78, 5) is 26.9. The van der Waals surface area contributed by atoms with Crippen LogP contribution in [0, 0.1) is 5.82 Å². The summed E-state index contributed by atoms with van der Waals surface area (Å²) in [6, 6.07) is 4.70. The standard InChI is InChI=1S/C14H16BrFN2O2/c1-2-5-17-8-14(20)18(9-13(17)19)7-10-3-4-11(15)6-12(10)16/h3-4,6H,2,5,7-9H2,1H3. The fourth-order valence-electron chi connectivity index (χ4n) is 2.18. The SMILES string of the molecule is CCCN1CC(=O)N(Cc2ccc(Br)cc2F)CC1=O. The smallest absolute Gasteiger partial charge is 0.242 e. The highest BCUT2D eigenvalue weighted by molar-refractivity contribution is 9.10. The second-order valence-corrected chi connectivity index (χ2v) is 5.72. The van der Waals surface area contributed by atoms with E-state index in [2.05, 4.69) is 15.9 Å². The second kappa shape index (κ2) is 6.35. The number of nitrogens with zero attached hydrogens (tertiary/aromatic N) is 2. The van der Waals surface area contributed by atoms with Crippen molar-refractivity contribution in [2.45, 2.75) is 19.9 Å². The molecule has 1 fully saturated rings. The van der Waals surface area contributed by atoms with E-state index in [1.54, 1.807) is 17.0 Å². The maximum atomic E-state index is 13.8. The molecule has 0 radical (unpaired) electrons. The first-order chi connectivity index (χ1) is 9.51. The van der Waals surface area contributed by atoms with E-state index in [1.165, 1.54) is 11.0 Å². The molecule has 1 aromatic carbocycles. The van der Waals surface area contributed by atoms with E-state index in [-0.39, 0.29) is 37.3 Å². The molecule has 0 N–H and O–H groups in total. The van der Waals surface area contributed by atoms with Gasteiger partial charge in [0.05, 0.1) is 6.54 Å². The molecule has 0 bridgehead atoms. The van der Waals surface area contributed by atoms with Crippen LogP contribution in [0.2, 0.25) is 0 Å². The molecule has 1 aliphatic rings. The Kier molecular flexibility index (Phi) is 4.75. The zero-order valence-electron chi connectivity index (χ0n) is 11.2. The Morgan fingerprint density at radius 2 is 1.85 bits per heavy atom. The predicted octanol–water partition coefficient (Wildman–Crippen LogP) is 2.17. The van der Waals surface area contributed by atoms with Crippen molar-refractivity contribution in [3.63, 3.8) is 0 Å². The quantitative estimate of drug-likeness (QED) is 0.841. The normalized spacial score (nSPS) is 15.9. The van der Waals surface area contributed by atoms with Gasteiger partial charge in [0, 0.05) is 23.1 Å². The number of hydrogen-bond donors (Lipinski definition) is 0. The van der Waals surface area contributed by atoms with Gasteiger partial charge in [0.2, 0.25) is 11.8 Å². The van der Waals surface area contributed by atoms with Crippen molar-refractivity contribution in [2.75, 3.05) is 19.6 Å². The number of amides is 2. The lowest BCUT2D eigenvalue weighted by atomic mass is 10.1. The van der Waals surface area contributed by atoms with Crippen molar-refractivity contribution < 1.29 is 14.0 Å². The molecule has 1 saturated heterocycles. The average molecular weight is 343 g/mol. The van der Waals surface area contributed by atoms with Crippen molar-refractivity contribution in [1.29, 1.82) is 0 Å². The fraction of sp³-hybridized carbons (Fsp3) is 0.429. The first-order valence-corrected chi connectivity index (χ1v) is 7.30. The van der Waals surface area contributed by atoms with Crippen LogP contribution in [0.3, 0.4) is 0 Å². The highest BCUT2D eigenvalue weighted by Crippen LogP contribution is 2.18. The van der Waals surface area contributed by atoms with Gasteiger partial charge in [0.1, 0.15) is 12.4 Å². The van der Waals surface area contributed by atoms with Crippen LogP contribution < -0.4 is 0 Å². The maximum absolute atomic E-state index is 13.8. The zero-order chi connectivity index (χ0) is 14.7. The summed E-state index contributed by atoms with van der Waals surface area (Å²) in [5.41, 5.74) is 0.415. The lowest BCUT2D eigenvalue weighted by Gasteiger charge is -2.33. The van der Waals surface area contributed by atoms with Crippen LogP contribution in [-0.4, -0.2) is 41.2 Å². The first-order valence-electron chi connectivity index (χ1n) is 6.50. The third-order valence-electron chi connectivity index (χ3n) is 3.23. The van der Waals surface area contributed by atoms with Crippen LogP contribution >= 0.6 is 15.9 Å². The van der Waals surface area contributed by atoms with Gasteiger partial charge in [-0.3, -0.25) is 9.59 Å². The largest absolute Gasteiger partial charge is 0.332 e. The molecular weight excluding hydrogens is 327 g/mol. The Labute approximate surface area is 125 Å². The summed E-state index contributed by atoms with van der Waals surface area (Å²) in [6.07, 6.45) is 0.820. The number of carbonyl (C=O) groups is 2. The van der Waals surface area contributed by atoms with E-state index >= 15 is 0 Å². The van der Waals surface area contributed by atoms with Crippen LogP contribution in [0.15, 0.2) is 22.7 Å². The van der Waals surface area contributed by atoms with E-state index in [4.69, 9.17) is 0 Å². The van der Waals surface area contributed by atoms with Gasteiger partial charge in [0.15, 0.2) is 0 Å². The topological polar surface area (TPSA) is 40.6 Å². The van der Waals surface area contributed by atoms with E-state index in [0.29, 0.717) is 16.6 Å². The van der Waals surface area contributed by atoms with Gasteiger partial charge in [0.25, 0.3) is 0 Å². The van der Waals surface area contributed by atoms with Crippen LogP contribution in [0.25, 0.3) is 0 Å². The van der Waals surface area contributed by atoms with Gasteiger partial charge in [-0.1, -0.05) is 28.9 Å². The molecule has 0 aliphatic carbocycles. The molecule has 4 nitrogen and oxygen atoms in total. The van der Waals surface area contributed by atoms with Gasteiger partial charge in [-0.05, 0) is 18.6 Å². The van der Waals surface area contributed by atoms with Crippen LogP contribution in [0.5, 0.6) is 0 Å². The van der Waals surface area contributed by atoms with E-state index in [9.17, 15) is 14.0 Å². The number of carbonyl (C=O) groups excluding carboxylic acids is 2. The van der Waals surface area contributed by atoms with E-state index in [0.717, 1.165) is 6.42 Å². The number of hydrogen-bond acceptors (Lipinski definition) is 2. The third kappa shape index (κ3) is 3.36. The lowest BCUT2D eigenvalue weighted by molar-refractivity contribution is -0.150. The minimum absolute atomic E-state index is 0.0222. The average Bonchev–Trinajstić information content (AvgIpc) is 2.38. The number of halogens is 2. The molecule has 20 heavy (non-hydrogen) atoms. The minimum Gasteiger partial charge on any atom is -0.332 e. The van der Waals surface area contributed by atoms with Gasteiger partial charge >= 0.3 is 0 Å². The maximum Gasteiger partial charge on any atom is 0.242 e. The van der Waals surface area contributed by atoms with Crippen molar-refractivity contribution in [1.82, 2.24) is 9.80 Å². The summed E-state index contributed by atoms with van der Waals surface area (Å²) in [6.45, 7) is 2.79. The molecule has 1 aliphatic heterocycles. The minimum atomic E-state index is -0.379. The summed E-state index contributed by atoms with van der Waals surface area (Å²) >= 11 is 3.19. The highest BCUT2D eigenvalue weighted by Gasteiger charge is 2.29. The fourth-order valence-corrected chi connectivity index (χ4v) is 2.51. The van der Waals surface area contributed by atoms with Crippen molar-refractivity contribution in [2.24, 2.45) is 0 Å². The summed E-state index contributed by atoms with van der Waals surface area (Å²) in [7, 11) is 0. The van der Waals surface area contributed by atoms with E-state index in [1.807, 2.05) is 6.92 Å². The first kappa shape index (κ1) is 15.0. The highest BCUT2D eigenvalue weighted by atomic mass is 79.9. The van der Waals surface area contributed by atoms with Gasteiger partial charge in [-0.25, -0.2) is 4.39 Å². The van der Waals surface area contributed by atoms with Crippen LogP contribution in [0.4, 0.5) is 4.39 Å². The second-order valence-electron chi connectivity index (χ2n) is 4.80. The molecule has 0 aromatic heterocycles.